The molecule has 0 saturated heterocycles. The van der Waals surface area contributed by atoms with Crippen LogP contribution in [0, 0.1) is 0 Å². The van der Waals surface area contributed by atoms with Crippen LogP contribution < -0.4 is 14.8 Å². The van der Waals surface area contributed by atoms with Crippen LogP contribution in [0.4, 0.5) is 5.82 Å². The van der Waals surface area contributed by atoms with Crippen LogP contribution in [0.2, 0.25) is 0 Å². The molecule has 0 amide bonds. The van der Waals surface area contributed by atoms with Gasteiger partial charge in [0, 0.05) is 24.1 Å². The molecule has 0 spiro atoms. The van der Waals surface area contributed by atoms with Gasteiger partial charge in [0.05, 0.1) is 19.9 Å². The number of hydrogen-bond donors (Lipinski definition) is 1. The number of aromatic nitrogens is 2. The number of nitrogens with one attached hydrogen (secondary N) is 1. The van der Waals surface area contributed by atoms with Gasteiger partial charge in [0.25, 0.3) is 0 Å². The van der Waals surface area contributed by atoms with Crippen LogP contribution in [0.1, 0.15) is 16.8 Å². The third-order valence-electron chi connectivity index (χ3n) is 4.60. The SMILES string of the molecule is COc1ccccc1Cc1nn(-c2ccccc2OC)c2c1CCN2. The summed E-state index contributed by atoms with van der Waals surface area (Å²) in [7, 11) is 3.39. The average molecular weight is 335 g/mol. The van der Waals surface area contributed by atoms with Gasteiger partial charge >= 0.3 is 0 Å². The van der Waals surface area contributed by atoms with E-state index >= 15 is 0 Å². The molecular formula is C20H21N3O2. The lowest BCUT2D eigenvalue weighted by atomic mass is 10.0. The van der Waals surface area contributed by atoms with Crippen molar-refractivity contribution in [2.24, 2.45) is 0 Å². The lowest BCUT2D eigenvalue weighted by Crippen LogP contribution is -2.06. The van der Waals surface area contributed by atoms with Crippen LogP contribution in [0.25, 0.3) is 5.69 Å². The van der Waals surface area contributed by atoms with E-state index in [2.05, 4.69) is 11.4 Å². The van der Waals surface area contributed by atoms with E-state index in [0.717, 1.165) is 53.6 Å². The van der Waals surface area contributed by atoms with Gasteiger partial charge in [0.2, 0.25) is 0 Å². The van der Waals surface area contributed by atoms with E-state index in [9.17, 15) is 0 Å². The third-order valence-corrected chi connectivity index (χ3v) is 4.60. The number of para-hydroxylation sites is 3. The summed E-state index contributed by atoms with van der Waals surface area (Å²) in [6.07, 6.45) is 1.73. The van der Waals surface area contributed by atoms with E-state index < -0.39 is 0 Å². The smallest absolute Gasteiger partial charge is 0.144 e. The highest BCUT2D eigenvalue weighted by atomic mass is 16.5. The van der Waals surface area contributed by atoms with Gasteiger partial charge in [-0.2, -0.15) is 5.10 Å². The summed E-state index contributed by atoms with van der Waals surface area (Å²) >= 11 is 0. The zero-order valence-electron chi connectivity index (χ0n) is 14.5. The molecule has 0 bridgehead atoms. The predicted molar refractivity (Wildman–Crippen MR) is 98.1 cm³/mol. The maximum Gasteiger partial charge on any atom is 0.144 e. The summed E-state index contributed by atoms with van der Waals surface area (Å²) in [5.41, 5.74) is 4.44. The normalized spacial score (nSPS) is 12.6. The quantitative estimate of drug-likeness (QED) is 0.776. The van der Waals surface area contributed by atoms with Gasteiger partial charge in [-0.15, -0.1) is 0 Å². The highest BCUT2D eigenvalue weighted by Gasteiger charge is 2.24. The van der Waals surface area contributed by atoms with Crippen LogP contribution in [0.15, 0.2) is 48.5 Å². The van der Waals surface area contributed by atoms with Gasteiger partial charge in [-0.3, -0.25) is 0 Å². The Bertz CT molecular complexity index is 902. The standard InChI is InChI=1S/C20H21N3O2/c1-24-18-9-5-3-7-14(18)13-16-15-11-12-21-20(15)23(22-16)17-8-4-6-10-19(17)25-2/h3-10,21H,11-13H2,1-2H3. The zero-order chi connectivity index (χ0) is 17.2. The summed E-state index contributed by atoms with van der Waals surface area (Å²) in [4.78, 5) is 0. The van der Waals surface area contributed by atoms with Gasteiger partial charge in [-0.25, -0.2) is 4.68 Å². The molecule has 0 unspecified atom stereocenters. The van der Waals surface area contributed by atoms with Crippen LogP contribution in [-0.2, 0) is 12.8 Å². The Labute approximate surface area is 147 Å². The maximum absolute atomic E-state index is 5.51. The zero-order valence-corrected chi connectivity index (χ0v) is 14.5. The topological polar surface area (TPSA) is 48.3 Å². The molecule has 5 nitrogen and oxygen atoms in total. The second-order valence-electron chi connectivity index (χ2n) is 6.02. The van der Waals surface area contributed by atoms with Crippen LogP contribution in [0.5, 0.6) is 11.5 Å². The van der Waals surface area contributed by atoms with Crippen LogP contribution in [-0.4, -0.2) is 30.5 Å². The molecule has 3 aromatic rings. The minimum atomic E-state index is 0.746. The Morgan fingerprint density at radius 3 is 2.52 bits per heavy atom. The van der Waals surface area contributed by atoms with Crippen molar-refractivity contribution < 1.29 is 9.47 Å². The van der Waals surface area contributed by atoms with Crippen molar-refractivity contribution in [2.75, 3.05) is 26.1 Å². The van der Waals surface area contributed by atoms with Gasteiger partial charge in [0.15, 0.2) is 0 Å². The highest BCUT2D eigenvalue weighted by Crippen LogP contribution is 2.34. The van der Waals surface area contributed by atoms with Crippen LogP contribution >= 0.6 is 0 Å². The van der Waals surface area contributed by atoms with Crippen molar-refractivity contribution in [2.45, 2.75) is 12.8 Å². The van der Waals surface area contributed by atoms with Crippen molar-refractivity contribution in [1.82, 2.24) is 9.78 Å². The Morgan fingerprint density at radius 2 is 1.72 bits per heavy atom. The first-order chi connectivity index (χ1) is 12.3. The monoisotopic (exact) mass is 335 g/mol. The molecular weight excluding hydrogens is 314 g/mol. The Balaban J connectivity index is 1.78. The molecule has 25 heavy (non-hydrogen) atoms. The molecule has 0 fully saturated rings. The Hall–Kier alpha value is -2.95. The molecule has 0 atom stereocenters. The maximum atomic E-state index is 5.51. The third kappa shape index (κ3) is 2.71. The second kappa shape index (κ2) is 6.51. The lowest BCUT2D eigenvalue weighted by Gasteiger charge is -2.11. The van der Waals surface area contributed by atoms with E-state index in [1.165, 1.54) is 5.56 Å². The van der Waals surface area contributed by atoms with E-state index in [-0.39, 0.29) is 0 Å². The van der Waals surface area contributed by atoms with Gasteiger partial charge in [-0.1, -0.05) is 30.3 Å². The molecule has 0 radical (unpaired) electrons. The first-order valence-corrected chi connectivity index (χ1v) is 8.41. The van der Waals surface area contributed by atoms with E-state index in [1.807, 2.05) is 47.1 Å². The summed E-state index contributed by atoms with van der Waals surface area (Å²) in [6, 6.07) is 16.1. The number of fused-ring (bicyclic) bond motifs is 1. The van der Waals surface area contributed by atoms with Gasteiger partial charge in [-0.05, 0) is 24.6 Å². The molecule has 5 heteroatoms. The van der Waals surface area contributed by atoms with E-state index in [1.54, 1.807) is 14.2 Å². The summed E-state index contributed by atoms with van der Waals surface area (Å²) in [5, 5.41) is 8.37. The summed E-state index contributed by atoms with van der Waals surface area (Å²) < 4.78 is 13.0. The first-order valence-electron chi connectivity index (χ1n) is 8.41. The second-order valence-corrected chi connectivity index (χ2v) is 6.02. The van der Waals surface area contributed by atoms with E-state index in [0.29, 0.717) is 0 Å². The lowest BCUT2D eigenvalue weighted by molar-refractivity contribution is 0.410. The Morgan fingerprint density at radius 1 is 1.00 bits per heavy atom. The van der Waals surface area contributed by atoms with Crippen molar-refractivity contribution in [3.05, 3.63) is 65.4 Å². The Kier molecular flexibility index (Phi) is 4.06. The number of methoxy groups -OCH3 is 2. The summed E-state index contributed by atoms with van der Waals surface area (Å²) in [6.45, 7) is 0.932. The van der Waals surface area contributed by atoms with Crippen LogP contribution in [0.3, 0.4) is 0 Å². The molecule has 0 aliphatic carbocycles. The molecule has 128 valence electrons. The first kappa shape index (κ1) is 15.6. The number of ether oxygens (including phenoxy) is 2. The largest absolute Gasteiger partial charge is 0.496 e. The van der Waals surface area contributed by atoms with Gasteiger partial charge in [0.1, 0.15) is 23.0 Å². The molecule has 2 heterocycles. The highest BCUT2D eigenvalue weighted by molar-refractivity contribution is 5.60. The molecule has 1 N–H and O–H groups in total. The number of hydrogen-bond acceptors (Lipinski definition) is 4. The number of nitrogens with zero attached hydrogens (tertiary/aromatic N) is 2. The molecule has 1 aromatic heterocycles. The molecule has 1 aliphatic heterocycles. The number of rotatable bonds is 5. The molecule has 0 saturated carbocycles. The summed E-state index contributed by atoms with van der Waals surface area (Å²) in [5.74, 6) is 2.77. The fraction of sp³-hybridized carbons (Fsp3) is 0.250. The molecule has 2 aromatic carbocycles. The fourth-order valence-corrected chi connectivity index (χ4v) is 3.40. The number of anilines is 1. The van der Waals surface area contributed by atoms with E-state index in [4.69, 9.17) is 14.6 Å². The minimum absolute atomic E-state index is 0.746. The van der Waals surface area contributed by atoms with Crippen molar-refractivity contribution >= 4 is 5.82 Å². The average Bonchev–Trinajstić information content (AvgIpc) is 3.26. The number of benzene rings is 2. The predicted octanol–water partition coefficient (Wildman–Crippen LogP) is 3.45. The van der Waals surface area contributed by atoms with Crippen molar-refractivity contribution in [3.8, 4) is 17.2 Å². The van der Waals surface area contributed by atoms with Gasteiger partial charge < -0.3 is 14.8 Å². The minimum Gasteiger partial charge on any atom is -0.496 e. The van der Waals surface area contributed by atoms with Crippen molar-refractivity contribution in [3.63, 3.8) is 0 Å². The molecule has 4 rings (SSSR count). The molecule has 1 aliphatic rings. The fourth-order valence-electron chi connectivity index (χ4n) is 3.40. The van der Waals surface area contributed by atoms with Crippen molar-refractivity contribution in [1.29, 1.82) is 0 Å².